The van der Waals surface area contributed by atoms with Gasteiger partial charge >= 0.3 is 0 Å². The summed E-state index contributed by atoms with van der Waals surface area (Å²) in [5.74, 6) is -1.28. The van der Waals surface area contributed by atoms with Gasteiger partial charge < -0.3 is 19.7 Å². The fourth-order valence-corrected chi connectivity index (χ4v) is 2.48. The van der Waals surface area contributed by atoms with Gasteiger partial charge in [0.05, 0.1) is 38.8 Å². The molecule has 2 heterocycles. The highest BCUT2D eigenvalue weighted by Gasteiger charge is 2.22. The van der Waals surface area contributed by atoms with Crippen molar-refractivity contribution in [1.29, 1.82) is 0 Å². The third-order valence-electron chi connectivity index (χ3n) is 3.86. The van der Waals surface area contributed by atoms with Crippen LogP contribution in [0.25, 0.3) is 0 Å². The number of carboxylic acids is 1. The molecule has 0 aliphatic carbocycles. The Bertz CT molecular complexity index is 426. The van der Waals surface area contributed by atoms with E-state index in [1.165, 1.54) is 32.1 Å². The first kappa shape index (κ1) is 14.0. The smallest absolute Gasteiger partial charge is 0.128 e. The van der Waals surface area contributed by atoms with E-state index in [0.717, 1.165) is 6.54 Å². The molecular formula is C12H21N5O2. The highest BCUT2D eigenvalue weighted by atomic mass is 16.4. The molecule has 1 aromatic heterocycles. The van der Waals surface area contributed by atoms with Crippen molar-refractivity contribution in [3.63, 3.8) is 0 Å². The summed E-state index contributed by atoms with van der Waals surface area (Å²) in [4.78, 5) is 14.5. The average molecular weight is 267 g/mol. The van der Waals surface area contributed by atoms with E-state index in [0.29, 0.717) is 12.6 Å². The zero-order valence-electron chi connectivity index (χ0n) is 11.5. The molecule has 0 aromatic carbocycles. The second-order valence-electron chi connectivity index (χ2n) is 5.32. The molecule has 1 aliphatic rings. The summed E-state index contributed by atoms with van der Waals surface area (Å²) in [5.41, 5.74) is -0.106. The van der Waals surface area contributed by atoms with Crippen LogP contribution in [-0.4, -0.2) is 65.6 Å². The van der Waals surface area contributed by atoms with Crippen LogP contribution in [0.5, 0.6) is 0 Å². The average Bonchev–Trinajstić information content (AvgIpc) is 2.86. The molecule has 0 bridgehead atoms. The Morgan fingerprint density at radius 1 is 1.58 bits per heavy atom. The van der Waals surface area contributed by atoms with Crippen LogP contribution in [-0.2, 0) is 6.54 Å². The van der Waals surface area contributed by atoms with Crippen LogP contribution < -0.4 is 10.0 Å². The van der Waals surface area contributed by atoms with Gasteiger partial charge in [-0.1, -0.05) is 5.21 Å². The quantitative estimate of drug-likeness (QED) is 0.626. The molecule has 1 aliphatic heterocycles. The third kappa shape index (κ3) is 3.74. The molecule has 1 saturated heterocycles. The number of hydrogen-bond acceptors (Lipinski definition) is 5. The molecule has 7 heteroatoms. The Kier molecular flexibility index (Phi) is 4.49. The van der Waals surface area contributed by atoms with Crippen molar-refractivity contribution < 1.29 is 14.8 Å². The number of carbonyl (C=O) groups is 1. The number of piperidine rings is 1. The molecule has 0 atom stereocenters. The number of aromatic carboxylic acids is 1. The van der Waals surface area contributed by atoms with Crippen molar-refractivity contribution in [3.8, 4) is 0 Å². The fraction of sp³-hybridized carbons (Fsp3) is 0.750. The summed E-state index contributed by atoms with van der Waals surface area (Å²) in [6, 6.07) is 0.618. The summed E-state index contributed by atoms with van der Waals surface area (Å²) in [6.07, 6.45) is 3.84. The van der Waals surface area contributed by atoms with E-state index < -0.39 is 5.97 Å². The lowest BCUT2D eigenvalue weighted by molar-refractivity contribution is -0.885. The van der Waals surface area contributed by atoms with E-state index in [2.05, 4.69) is 29.3 Å². The van der Waals surface area contributed by atoms with Crippen LogP contribution in [0.1, 0.15) is 23.3 Å². The van der Waals surface area contributed by atoms with Crippen LogP contribution in [0.4, 0.5) is 0 Å². The molecule has 2 rings (SSSR count). The molecular weight excluding hydrogens is 246 g/mol. The molecule has 1 aromatic rings. The molecule has 7 nitrogen and oxygen atoms in total. The molecule has 0 spiro atoms. The second-order valence-corrected chi connectivity index (χ2v) is 5.32. The number of aromatic nitrogens is 3. The largest absolute Gasteiger partial charge is 0.543 e. The van der Waals surface area contributed by atoms with Gasteiger partial charge in [-0.2, -0.15) is 0 Å². The van der Waals surface area contributed by atoms with Crippen LogP contribution in [0.3, 0.4) is 0 Å². The zero-order chi connectivity index (χ0) is 13.8. The molecule has 1 fully saturated rings. The Morgan fingerprint density at radius 3 is 2.84 bits per heavy atom. The maximum Gasteiger partial charge on any atom is 0.128 e. The first-order valence-electron chi connectivity index (χ1n) is 6.69. The fourth-order valence-electron chi connectivity index (χ4n) is 2.48. The number of rotatable bonds is 5. The maximum absolute atomic E-state index is 10.6. The van der Waals surface area contributed by atoms with E-state index in [4.69, 9.17) is 0 Å². The van der Waals surface area contributed by atoms with E-state index in [1.54, 1.807) is 9.58 Å². The Balaban J connectivity index is 1.79. The van der Waals surface area contributed by atoms with Gasteiger partial charge in [0.25, 0.3) is 0 Å². The van der Waals surface area contributed by atoms with E-state index in [9.17, 15) is 9.90 Å². The van der Waals surface area contributed by atoms with Crippen molar-refractivity contribution in [2.24, 2.45) is 0 Å². The van der Waals surface area contributed by atoms with Gasteiger partial charge in [0.1, 0.15) is 5.69 Å². The van der Waals surface area contributed by atoms with E-state index in [1.807, 2.05) is 0 Å². The Morgan fingerprint density at radius 2 is 2.26 bits per heavy atom. The summed E-state index contributed by atoms with van der Waals surface area (Å²) < 4.78 is 1.56. The van der Waals surface area contributed by atoms with Crippen molar-refractivity contribution in [2.45, 2.75) is 25.4 Å². The number of carboxylic acid groups (broad SMARTS) is 1. The predicted octanol–water partition coefficient (Wildman–Crippen LogP) is -2.75. The first-order chi connectivity index (χ1) is 9.06. The minimum atomic E-state index is -1.28. The molecule has 0 unspecified atom stereocenters. The number of nitrogens with zero attached hydrogens (tertiary/aromatic N) is 4. The molecule has 0 radical (unpaired) electrons. The van der Waals surface area contributed by atoms with Gasteiger partial charge in [0.2, 0.25) is 0 Å². The van der Waals surface area contributed by atoms with Crippen LogP contribution in [0.15, 0.2) is 6.20 Å². The minimum Gasteiger partial charge on any atom is -0.543 e. The zero-order valence-corrected chi connectivity index (χ0v) is 11.5. The topological polar surface area (TPSA) is 78.5 Å². The molecule has 0 amide bonds. The Labute approximate surface area is 112 Å². The van der Waals surface area contributed by atoms with Gasteiger partial charge in [0.15, 0.2) is 0 Å². The lowest BCUT2D eigenvalue weighted by Gasteiger charge is -2.33. The number of likely N-dealkylation sites (N-methyl/N-ethyl adjacent to an activating group) is 1. The normalized spacial score (nSPS) is 23.7. The van der Waals surface area contributed by atoms with Gasteiger partial charge in [-0.05, 0) is 7.05 Å². The van der Waals surface area contributed by atoms with E-state index in [-0.39, 0.29) is 5.69 Å². The third-order valence-corrected chi connectivity index (χ3v) is 3.86. The maximum atomic E-state index is 10.6. The van der Waals surface area contributed by atoms with Gasteiger partial charge in [-0.25, -0.2) is 0 Å². The standard InChI is InChI=1S/C12H21N5O2/c1-15-5-3-10(4-6-15)16(2)7-8-17-9-11(12(18)19)13-14-17/h9-10H,3-8H2,1-2H3,(H,18,19). The van der Waals surface area contributed by atoms with Crippen LogP contribution in [0.2, 0.25) is 0 Å². The van der Waals surface area contributed by atoms with Gasteiger partial charge in [-0.3, -0.25) is 4.68 Å². The second kappa shape index (κ2) is 6.12. The van der Waals surface area contributed by atoms with Gasteiger partial charge in [-0.15, -0.1) is 5.10 Å². The molecule has 1 N–H and O–H groups in total. The highest BCUT2D eigenvalue weighted by Crippen LogP contribution is 2.07. The number of quaternary nitrogens is 1. The number of hydrogen-bond donors (Lipinski definition) is 1. The Hall–Kier alpha value is -1.47. The number of carbonyl (C=O) groups excluding carboxylic acids is 1. The highest BCUT2D eigenvalue weighted by molar-refractivity contribution is 5.82. The lowest BCUT2D eigenvalue weighted by Crippen LogP contribution is -3.10. The minimum absolute atomic E-state index is 0.106. The van der Waals surface area contributed by atoms with Crippen LogP contribution >= 0.6 is 0 Å². The summed E-state index contributed by atoms with van der Waals surface area (Å²) in [5, 5.41) is 17.9. The predicted molar refractivity (Wildman–Crippen MR) is 66.6 cm³/mol. The summed E-state index contributed by atoms with van der Waals surface area (Å²) >= 11 is 0. The first-order valence-corrected chi connectivity index (χ1v) is 6.69. The monoisotopic (exact) mass is 267 g/mol. The van der Waals surface area contributed by atoms with Crippen molar-refractivity contribution in [2.75, 3.05) is 33.7 Å². The van der Waals surface area contributed by atoms with Gasteiger partial charge in [0, 0.05) is 25.4 Å². The van der Waals surface area contributed by atoms with Crippen molar-refractivity contribution >= 4 is 5.97 Å². The summed E-state index contributed by atoms with van der Waals surface area (Å²) in [6.45, 7) is 3.93. The molecule has 0 saturated carbocycles. The lowest BCUT2D eigenvalue weighted by atomic mass is 10.0. The SMILES string of the molecule is CN(CCn1cc(C(=O)[O-])nn1)C1CC[NH+](C)CC1. The molecule has 106 valence electrons. The number of nitrogens with one attached hydrogen (secondary N) is 1. The van der Waals surface area contributed by atoms with Crippen molar-refractivity contribution in [3.05, 3.63) is 11.9 Å². The van der Waals surface area contributed by atoms with Crippen molar-refractivity contribution in [1.82, 2.24) is 19.9 Å². The number of likely N-dealkylation sites (tertiary alicyclic amines) is 1. The summed E-state index contributed by atoms with van der Waals surface area (Å²) in [7, 11) is 4.34. The van der Waals surface area contributed by atoms with E-state index >= 15 is 0 Å². The van der Waals surface area contributed by atoms with Crippen LogP contribution in [0, 0.1) is 0 Å². The molecule has 19 heavy (non-hydrogen) atoms.